The Hall–Kier alpha value is -2.24. The molecule has 1 rings (SSSR count). The highest BCUT2D eigenvalue weighted by molar-refractivity contribution is 14.1. The van der Waals surface area contributed by atoms with Crippen molar-refractivity contribution in [3.63, 3.8) is 0 Å². The van der Waals surface area contributed by atoms with Crippen molar-refractivity contribution < 1.29 is 33.4 Å². The Morgan fingerprint density at radius 1 is 1.23 bits per heavy atom. The van der Waals surface area contributed by atoms with E-state index in [4.69, 9.17) is 9.84 Å². The first-order chi connectivity index (χ1) is 14.1. The number of carbonyl (C=O) groups excluding carboxylic acids is 3. The number of ether oxygens (including phenoxy) is 1. The monoisotopic (exact) mass is 536 g/mol. The summed E-state index contributed by atoms with van der Waals surface area (Å²) >= 11 is 2.11. The Morgan fingerprint density at radius 3 is 2.43 bits per heavy atom. The van der Waals surface area contributed by atoms with Gasteiger partial charge in [0.25, 0.3) is 0 Å². The standard InChI is InChI=1S/C20H26FIN2O6/c1-4-11(2)19(20(29)23-14(9-18(27)28)15(25)10-21)24-17(26)8-12-7-13(22)5-6-16(12)30-3/h5-7,11,14,19H,4,8-10H2,1-3H3,(H,23,29)(H,24,26)(H,27,28)/t11?,14?,19-/m0/s1. The van der Waals surface area contributed by atoms with Crippen LogP contribution < -0.4 is 15.4 Å². The number of alkyl halides is 1. The van der Waals surface area contributed by atoms with Crippen molar-refractivity contribution in [3.05, 3.63) is 27.3 Å². The third kappa shape index (κ3) is 7.88. The van der Waals surface area contributed by atoms with Crippen molar-refractivity contribution in [2.75, 3.05) is 13.8 Å². The van der Waals surface area contributed by atoms with Gasteiger partial charge in [-0.2, -0.15) is 0 Å². The highest BCUT2D eigenvalue weighted by Crippen LogP contribution is 2.21. The number of carboxylic acid groups (broad SMARTS) is 1. The van der Waals surface area contributed by atoms with E-state index in [-0.39, 0.29) is 12.3 Å². The van der Waals surface area contributed by atoms with Crippen LogP contribution in [0.4, 0.5) is 4.39 Å². The van der Waals surface area contributed by atoms with Crippen molar-refractivity contribution in [2.24, 2.45) is 5.92 Å². The first kappa shape index (κ1) is 25.8. The average molecular weight is 536 g/mol. The van der Waals surface area contributed by atoms with Crippen LogP contribution in [0, 0.1) is 9.49 Å². The molecule has 0 aliphatic heterocycles. The summed E-state index contributed by atoms with van der Waals surface area (Å²) in [6, 6.07) is 2.85. The van der Waals surface area contributed by atoms with Crippen LogP contribution in [0.2, 0.25) is 0 Å². The number of halogens is 2. The summed E-state index contributed by atoms with van der Waals surface area (Å²) in [6.45, 7) is 2.16. The number of hydrogen-bond acceptors (Lipinski definition) is 5. The minimum atomic E-state index is -1.50. The van der Waals surface area contributed by atoms with Gasteiger partial charge in [-0.1, -0.05) is 20.3 Å². The molecule has 0 aromatic heterocycles. The highest BCUT2D eigenvalue weighted by atomic mass is 127. The molecule has 0 aliphatic carbocycles. The SMILES string of the molecule is CCC(C)[C@H](NC(=O)Cc1cc(I)ccc1OC)C(=O)NC(CC(=O)O)C(=O)CF. The van der Waals surface area contributed by atoms with Crippen molar-refractivity contribution in [3.8, 4) is 5.75 Å². The van der Waals surface area contributed by atoms with E-state index in [2.05, 4.69) is 33.2 Å². The molecule has 2 amide bonds. The first-order valence-corrected chi connectivity index (χ1v) is 10.4. The molecular weight excluding hydrogens is 510 g/mol. The van der Waals surface area contributed by atoms with Gasteiger partial charge in [-0.3, -0.25) is 19.2 Å². The third-order valence-corrected chi connectivity index (χ3v) is 5.29. The van der Waals surface area contributed by atoms with Crippen LogP contribution in [0.3, 0.4) is 0 Å². The van der Waals surface area contributed by atoms with Crippen LogP contribution in [-0.4, -0.2) is 54.5 Å². The summed E-state index contributed by atoms with van der Waals surface area (Å²) in [4.78, 5) is 47.9. The van der Waals surface area contributed by atoms with Gasteiger partial charge in [-0.15, -0.1) is 0 Å². The molecule has 8 nitrogen and oxygen atoms in total. The van der Waals surface area contributed by atoms with E-state index in [0.29, 0.717) is 17.7 Å². The molecule has 0 aliphatic rings. The lowest BCUT2D eigenvalue weighted by molar-refractivity contribution is -0.141. The van der Waals surface area contributed by atoms with Gasteiger partial charge in [0.05, 0.1) is 20.0 Å². The molecule has 0 radical (unpaired) electrons. The zero-order valence-electron chi connectivity index (χ0n) is 17.0. The zero-order valence-corrected chi connectivity index (χ0v) is 19.2. The van der Waals surface area contributed by atoms with Crippen molar-refractivity contribution in [1.82, 2.24) is 10.6 Å². The topological polar surface area (TPSA) is 122 Å². The molecule has 1 aromatic rings. The van der Waals surface area contributed by atoms with Crippen LogP contribution in [0.1, 0.15) is 32.3 Å². The van der Waals surface area contributed by atoms with E-state index < -0.39 is 48.7 Å². The van der Waals surface area contributed by atoms with Gasteiger partial charge >= 0.3 is 5.97 Å². The average Bonchev–Trinajstić information content (AvgIpc) is 2.70. The van der Waals surface area contributed by atoms with Crippen molar-refractivity contribution in [2.45, 2.75) is 45.2 Å². The first-order valence-electron chi connectivity index (χ1n) is 9.35. The van der Waals surface area contributed by atoms with E-state index in [1.54, 1.807) is 19.1 Å². The third-order valence-electron chi connectivity index (χ3n) is 4.62. The Labute approximate surface area is 188 Å². The fourth-order valence-corrected chi connectivity index (χ4v) is 3.31. The molecule has 0 heterocycles. The van der Waals surface area contributed by atoms with Gasteiger partial charge in [0.1, 0.15) is 24.5 Å². The van der Waals surface area contributed by atoms with Crippen LogP contribution in [0.15, 0.2) is 18.2 Å². The van der Waals surface area contributed by atoms with E-state index in [1.807, 2.05) is 13.0 Å². The lowest BCUT2D eigenvalue weighted by Crippen LogP contribution is -2.54. The molecule has 166 valence electrons. The summed E-state index contributed by atoms with van der Waals surface area (Å²) in [7, 11) is 1.49. The number of rotatable bonds is 12. The van der Waals surface area contributed by atoms with Gasteiger partial charge in [0.2, 0.25) is 11.8 Å². The maximum absolute atomic E-state index is 12.7. The summed E-state index contributed by atoms with van der Waals surface area (Å²) in [6.07, 6.45) is -0.247. The molecule has 0 spiro atoms. The molecule has 2 unspecified atom stereocenters. The molecule has 0 bridgehead atoms. The number of methoxy groups -OCH3 is 1. The Balaban J connectivity index is 2.97. The molecule has 30 heavy (non-hydrogen) atoms. The van der Waals surface area contributed by atoms with Gasteiger partial charge < -0.3 is 20.5 Å². The number of carboxylic acids is 1. The highest BCUT2D eigenvalue weighted by Gasteiger charge is 2.31. The molecule has 3 atom stereocenters. The zero-order chi connectivity index (χ0) is 22.8. The molecule has 3 N–H and O–H groups in total. The van der Waals surface area contributed by atoms with Gasteiger partial charge in [0, 0.05) is 9.13 Å². The Bertz CT molecular complexity index is 789. The Morgan fingerprint density at radius 2 is 1.90 bits per heavy atom. The van der Waals surface area contributed by atoms with E-state index in [0.717, 1.165) is 3.57 Å². The molecule has 0 saturated heterocycles. The molecule has 1 aromatic carbocycles. The molecule has 10 heteroatoms. The number of benzene rings is 1. The fraction of sp³-hybridized carbons (Fsp3) is 0.500. The van der Waals surface area contributed by atoms with Gasteiger partial charge in [0.15, 0.2) is 5.78 Å². The van der Waals surface area contributed by atoms with E-state index >= 15 is 0 Å². The second-order valence-corrected chi connectivity index (χ2v) is 8.07. The molecule has 0 fully saturated rings. The van der Waals surface area contributed by atoms with Crippen LogP contribution in [0.25, 0.3) is 0 Å². The smallest absolute Gasteiger partial charge is 0.305 e. The predicted octanol–water partition coefficient (Wildman–Crippen LogP) is 1.87. The number of aliphatic carboxylic acids is 1. The van der Waals surface area contributed by atoms with Gasteiger partial charge in [-0.05, 0) is 46.7 Å². The quantitative estimate of drug-likeness (QED) is 0.351. The minimum Gasteiger partial charge on any atom is -0.496 e. The van der Waals surface area contributed by atoms with Crippen LogP contribution in [-0.2, 0) is 25.6 Å². The minimum absolute atomic E-state index is 0.0395. The number of carbonyl (C=O) groups is 4. The maximum atomic E-state index is 12.7. The Kier molecular flexibility index (Phi) is 10.7. The second kappa shape index (κ2) is 12.5. The summed E-state index contributed by atoms with van der Waals surface area (Å²) < 4.78 is 18.9. The summed E-state index contributed by atoms with van der Waals surface area (Å²) in [5.74, 6) is -3.34. The lowest BCUT2D eigenvalue weighted by atomic mass is 9.97. The number of hydrogen-bond donors (Lipinski definition) is 3. The summed E-state index contributed by atoms with van der Waals surface area (Å²) in [5.41, 5.74) is 0.640. The lowest BCUT2D eigenvalue weighted by Gasteiger charge is -2.25. The number of amides is 2. The number of ketones is 1. The second-order valence-electron chi connectivity index (χ2n) is 6.82. The largest absolute Gasteiger partial charge is 0.496 e. The predicted molar refractivity (Wildman–Crippen MR) is 116 cm³/mol. The molecular formula is C20H26FIN2O6. The van der Waals surface area contributed by atoms with Crippen molar-refractivity contribution >= 4 is 46.2 Å². The number of Topliss-reactive ketones (excluding diaryl/α,β-unsaturated/α-hetero) is 1. The fourth-order valence-electron chi connectivity index (χ4n) is 2.76. The normalized spacial score (nSPS) is 13.6. The van der Waals surface area contributed by atoms with Crippen LogP contribution >= 0.6 is 22.6 Å². The van der Waals surface area contributed by atoms with Gasteiger partial charge in [-0.25, -0.2) is 4.39 Å². The number of nitrogens with one attached hydrogen (secondary N) is 2. The van der Waals surface area contributed by atoms with Crippen LogP contribution in [0.5, 0.6) is 5.75 Å². The van der Waals surface area contributed by atoms with E-state index in [9.17, 15) is 23.6 Å². The van der Waals surface area contributed by atoms with Crippen molar-refractivity contribution in [1.29, 1.82) is 0 Å². The summed E-state index contributed by atoms with van der Waals surface area (Å²) in [5, 5.41) is 13.8. The molecule has 0 saturated carbocycles. The van der Waals surface area contributed by atoms with E-state index in [1.165, 1.54) is 7.11 Å². The maximum Gasteiger partial charge on any atom is 0.305 e.